The first-order chi connectivity index (χ1) is 13.7. The number of ether oxygens (including phenoxy) is 1. The van der Waals surface area contributed by atoms with Gasteiger partial charge in [0, 0.05) is 70.3 Å². The SMILES string of the molecule is CN=C(NC1C2CCOC2C12CCC2)N1CCN(CC(=O)N2CCCC2)CC1.I. The van der Waals surface area contributed by atoms with Gasteiger partial charge < -0.3 is 19.9 Å². The van der Waals surface area contributed by atoms with Gasteiger partial charge in [-0.1, -0.05) is 6.42 Å². The molecule has 1 spiro atoms. The number of hydrogen-bond acceptors (Lipinski definition) is 4. The first-order valence-corrected chi connectivity index (χ1v) is 11.3. The highest BCUT2D eigenvalue weighted by atomic mass is 127. The number of nitrogens with one attached hydrogen (secondary N) is 1. The molecule has 3 unspecified atom stereocenters. The lowest BCUT2D eigenvalue weighted by atomic mass is 9.46. The van der Waals surface area contributed by atoms with Crippen LogP contribution in [0.2, 0.25) is 0 Å². The third-order valence-corrected chi connectivity index (χ3v) is 8.02. The number of fused-ring (bicyclic) bond motifs is 2. The van der Waals surface area contributed by atoms with E-state index in [0.29, 0.717) is 35.9 Å². The summed E-state index contributed by atoms with van der Waals surface area (Å²) < 4.78 is 6.06. The molecule has 164 valence electrons. The van der Waals surface area contributed by atoms with Gasteiger partial charge in [-0.05, 0) is 32.1 Å². The van der Waals surface area contributed by atoms with E-state index in [0.717, 1.165) is 64.7 Å². The number of carbonyl (C=O) groups excluding carboxylic acids is 1. The van der Waals surface area contributed by atoms with Crippen LogP contribution in [0.1, 0.15) is 38.5 Å². The van der Waals surface area contributed by atoms with E-state index < -0.39 is 0 Å². The zero-order valence-electron chi connectivity index (χ0n) is 17.6. The van der Waals surface area contributed by atoms with Gasteiger partial charge in [0.15, 0.2) is 5.96 Å². The van der Waals surface area contributed by atoms with E-state index in [2.05, 4.69) is 20.1 Å². The summed E-state index contributed by atoms with van der Waals surface area (Å²) in [6.45, 7) is 7.16. The van der Waals surface area contributed by atoms with Crippen LogP contribution in [0.4, 0.5) is 0 Å². The molecular weight excluding hydrogens is 481 g/mol. The monoisotopic (exact) mass is 517 g/mol. The van der Waals surface area contributed by atoms with E-state index >= 15 is 0 Å². The molecule has 5 fully saturated rings. The number of nitrogens with zero attached hydrogens (tertiary/aromatic N) is 4. The van der Waals surface area contributed by atoms with Gasteiger partial charge in [0.1, 0.15) is 0 Å². The molecule has 2 saturated carbocycles. The lowest BCUT2D eigenvalue weighted by Gasteiger charge is -2.63. The van der Waals surface area contributed by atoms with Crippen molar-refractivity contribution in [1.82, 2.24) is 20.0 Å². The molecule has 3 saturated heterocycles. The Morgan fingerprint density at radius 1 is 1.07 bits per heavy atom. The van der Waals surface area contributed by atoms with Crippen molar-refractivity contribution in [3.63, 3.8) is 0 Å². The molecule has 0 bridgehead atoms. The number of amides is 1. The van der Waals surface area contributed by atoms with Gasteiger partial charge in [-0.15, -0.1) is 24.0 Å². The molecule has 0 radical (unpaired) electrons. The standard InChI is InChI=1S/C21H35N5O2.HI/c1-22-20(23-18-16-5-14-28-19(16)21(18)6-4-7-21)26-12-10-24(11-13-26)15-17(27)25-8-2-3-9-25;/h16,18-19H,2-15H2,1H3,(H,22,23);1H. The van der Waals surface area contributed by atoms with Crippen LogP contribution in [-0.2, 0) is 9.53 Å². The fourth-order valence-electron chi connectivity index (χ4n) is 6.27. The quantitative estimate of drug-likeness (QED) is 0.349. The van der Waals surface area contributed by atoms with Crippen molar-refractivity contribution in [1.29, 1.82) is 0 Å². The first kappa shape index (κ1) is 21.6. The number of aliphatic imine (C=N–C) groups is 1. The third-order valence-electron chi connectivity index (χ3n) is 8.02. The molecule has 7 nitrogen and oxygen atoms in total. The fraction of sp³-hybridized carbons (Fsp3) is 0.905. The minimum Gasteiger partial charge on any atom is -0.377 e. The molecule has 5 aliphatic rings. The Kier molecular flexibility index (Phi) is 6.61. The van der Waals surface area contributed by atoms with Crippen LogP contribution in [-0.4, -0.2) is 98.2 Å². The van der Waals surface area contributed by atoms with Crippen molar-refractivity contribution < 1.29 is 9.53 Å². The topological polar surface area (TPSA) is 60.4 Å². The Morgan fingerprint density at radius 2 is 1.79 bits per heavy atom. The van der Waals surface area contributed by atoms with Crippen LogP contribution in [0.3, 0.4) is 0 Å². The summed E-state index contributed by atoms with van der Waals surface area (Å²) in [6, 6.07) is 0.530. The second kappa shape index (κ2) is 8.86. The molecule has 5 rings (SSSR count). The summed E-state index contributed by atoms with van der Waals surface area (Å²) in [6.07, 6.45) is 7.95. The maximum atomic E-state index is 12.4. The molecule has 0 aromatic rings. The molecule has 1 amide bonds. The maximum Gasteiger partial charge on any atom is 0.236 e. The van der Waals surface area contributed by atoms with E-state index in [-0.39, 0.29) is 24.0 Å². The van der Waals surface area contributed by atoms with E-state index in [4.69, 9.17) is 4.74 Å². The second-order valence-corrected chi connectivity index (χ2v) is 9.35. The summed E-state index contributed by atoms with van der Waals surface area (Å²) in [4.78, 5) is 23.8. The van der Waals surface area contributed by atoms with E-state index in [1.165, 1.54) is 25.7 Å². The van der Waals surface area contributed by atoms with Crippen LogP contribution in [0.5, 0.6) is 0 Å². The third kappa shape index (κ3) is 3.78. The molecule has 8 heteroatoms. The Balaban J connectivity index is 0.00000205. The average Bonchev–Trinajstić information content (AvgIpc) is 3.33. The molecule has 1 N–H and O–H groups in total. The van der Waals surface area contributed by atoms with Crippen LogP contribution in [0.25, 0.3) is 0 Å². The predicted octanol–water partition coefficient (Wildman–Crippen LogP) is 1.38. The number of carbonyl (C=O) groups is 1. The molecule has 0 aromatic heterocycles. The van der Waals surface area contributed by atoms with Crippen molar-refractivity contribution in [2.75, 3.05) is 59.5 Å². The minimum atomic E-state index is 0. The van der Waals surface area contributed by atoms with E-state index in [9.17, 15) is 4.79 Å². The minimum absolute atomic E-state index is 0. The predicted molar refractivity (Wildman–Crippen MR) is 124 cm³/mol. The summed E-state index contributed by atoms with van der Waals surface area (Å²) in [5, 5.41) is 3.84. The van der Waals surface area contributed by atoms with Crippen molar-refractivity contribution in [2.24, 2.45) is 16.3 Å². The lowest BCUT2D eigenvalue weighted by Crippen LogP contribution is -2.73. The van der Waals surface area contributed by atoms with Crippen molar-refractivity contribution >= 4 is 35.8 Å². The molecular formula is C21H36IN5O2. The lowest BCUT2D eigenvalue weighted by molar-refractivity contribution is -0.171. The van der Waals surface area contributed by atoms with E-state index in [1.54, 1.807) is 0 Å². The highest BCUT2D eigenvalue weighted by molar-refractivity contribution is 14.0. The molecule has 3 atom stereocenters. The number of guanidine groups is 1. The highest BCUT2D eigenvalue weighted by Gasteiger charge is 2.66. The Labute approximate surface area is 191 Å². The number of likely N-dealkylation sites (tertiary alicyclic amines) is 1. The maximum absolute atomic E-state index is 12.4. The second-order valence-electron chi connectivity index (χ2n) is 9.35. The van der Waals surface area contributed by atoms with Gasteiger partial charge in [0.2, 0.25) is 5.91 Å². The number of piperazine rings is 1. The smallest absolute Gasteiger partial charge is 0.236 e. The normalized spacial score (nSPS) is 33.7. The number of halogens is 1. The molecule has 3 aliphatic heterocycles. The largest absolute Gasteiger partial charge is 0.377 e. The van der Waals surface area contributed by atoms with Gasteiger partial charge in [0.25, 0.3) is 0 Å². The van der Waals surface area contributed by atoms with Crippen molar-refractivity contribution in [3.8, 4) is 0 Å². The number of rotatable bonds is 3. The summed E-state index contributed by atoms with van der Waals surface area (Å²) >= 11 is 0. The summed E-state index contributed by atoms with van der Waals surface area (Å²) in [5.41, 5.74) is 0.376. The fourth-order valence-corrected chi connectivity index (χ4v) is 6.27. The summed E-state index contributed by atoms with van der Waals surface area (Å²) in [5.74, 6) is 2.02. The number of hydrogen-bond donors (Lipinski definition) is 1. The van der Waals surface area contributed by atoms with Crippen molar-refractivity contribution in [2.45, 2.75) is 50.7 Å². The first-order valence-electron chi connectivity index (χ1n) is 11.3. The molecule has 2 aliphatic carbocycles. The van der Waals surface area contributed by atoms with E-state index in [1.807, 2.05) is 11.9 Å². The van der Waals surface area contributed by atoms with Crippen LogP contribution in [0, 0.1) is 11.3 Å². The van der Waals surface area contributed by atoms with Crippen LogP contribution >= 0.6 is 24.0 Å². The Morgan fingerprint density at radius 3 is 2.41 bits per heavy atom. The van der Waals surface area contributed by atoms with Gasteiger partial charge >= 0.3 is 0 Å². The van der Waals surface area contributed by atoms with Gasteiger partial charge in [-0.3, -0.25) is 14.7 Å². The Bertz CT molecular complexity index is 627. The molecule has 3 heterocycles. The molecule has 0 aromatic carbocycles. The average molecular weight is 517 g/mol. The molecule has 29 heavy (non-hydrogen) atoms. The van der Waals surface area contributed by atoms with Gasteiger partial charge in [-0.2, -0.15) is 0 Å². The van der Waals surface area contributed by atoms with Gasteiger partial charge in [0.05, 0.1) is 12.6 Å². The highest BCUT2D eigenvalue weighted by Crippen LogP contribution is 2.62. The zero-order chi connectivity index (χ0) is 19.1. The summed E-state index contributed by atoms with van der Waals surface area (Å²) in [7, 11) is 1.90. The Hall–Kier alpha value is -0.610. The van der Waals surface area contributed by atoms with Crippen LogP contribution < -0.4 is 5.32 Å². The van der Waals surface area contributed by atoms with Crippen LogP contribution in [0.15, 0.2) is 4.99 Å². The van der Waals surface area contributed by atoms with Crippen molar-refractivity contribution in [3.05, 3.63) is 0 Å². The van der Waals surface area contributed by atoms with Gasteiger partial charge in [-0.25, -0.2) is 0 Å². The zero-order valence-corrected chi connectivity index (χ0v) is 20.0.